The minimum Gasteiger partial charge on any atom is -0.493 e. The number of nitrogens with zero attached hydrogens (tertiary/aromatic N) is 4. The van der Waals surface area contributed by atoms with Crippen molar-refractivity contribution >= 4 is 23.4 Å². The van der Waals surface area contributed by atoms with Crippen LogP contribution in [0.5, 0.6) is 11.5 Å². The Labute approximate surface area is 159 Å². The molecule has 0 spiro atoms. The van der Waals surface area contributed by atoms with Gasteiger partial charge in [-0.2, -0.15) is 4.98 Å². The van der Waals surface area contributed by atoms with Crippen molar-refractivity contribution in [2.24, 2.45) is 0 Å². The number of carbonyl (C=O) groups is 1. The molecule has 144 valence electrons. The van der Waals surface area contributed by atoms with Gasteiger partial charge in [0.25, 0.3) is 5.91 Å². The van der Waals surface area contributed by atoms with Crippen molar-refractivity contribution in [1.82, 2.24) is 9.97 Å². The molecule has 1 N–H and O–H groups in total. The summed E-state index contributed by atoms with van der Waals surface area (Å²) in [5.41, 5.74) is 0.919. The molecule has 0 bridgehead atoms. The first-order valence-electron chi connectivity index (χ1n) is 8.86. The molecule has 2 heterocycles. The van der Waals surface area contributed by atoms with Gasteiger partial charge in [0.2, 0.25) is 5.95 Å². The molecule has 3 rings (SSSR count). The largest absolute Gasteiger partial charge is 0.493 e. The number of ether oxygens (including phenoxy) is 2. The van der Waals surface area contributed by atoms with E-state index < -0.39 is 0 Å². The average molecular weight is 371 g/mol. The van der Waals surface area contributed by atoms with E-state index in [-0.39, 0.29) is 5.91 Å². The summed E-state index contributed by atoms with van der Waals surface area (Å²) >= 11 is 0. The summed E-state index contributed by atoms with van der Waals surface area (Å²) in [4.78, 5) is 26.0. The number of benzene rings is 1. The quantitative estimate of drug-likeness (QED) is 0.835. The molecular weight excluding hydrogens is 346 g/mol. The zero-order valence-electron chi connectivity index (χ0n) is 16.2. The highest BCUT2D eigenvalue weighted by Gasteiger charge is 2.21. The minimum atomic E-state index is -0.314. The molecule has 0 unspecified atom stereocenters. The number of aromatic nitrogens is 2. The molecule has 0 atom stereocenters. The van der Waals surface area contributed by atoms with Crippen LogP contribution in [-0.4, -0.2) is 57.3 Å². The Morgan fingerprint density at radius 1 is 1.19 bits per heavy atom. The van der Waals surface area contributed by atoms with Gasteiger partial charge in [-0.15, -0.1) is 0 Å². The number of anilines is 3. The SMILES string of the molecule is COc1cccc(C(=O)Nc2cnc(N3CCCC3)nc2N(C)C)c1OC. The highest BCUT2D eigenvalue weighted by atomic mass is 16.5. The van der Waals surface area contributed by atoms with Crippen molar-refractivity contribution in [2.75, 3.05) is 56.5 Å². The van der Waals surface area contributed by atoms with Crippen molar-refractivity contribution in [1.29, 1.82) is 0 Å². The lowest BCUT2D eigenvalue weighted by Gasteiger charge is -2.21. The predicted octanol–water partition coefficient (Wildman–Crippen LogP) is 2.41. The van der Waals surface area contributed by atoms with Gasteiger partial charge in [-0.1, -0.05) is 6.07 Å². The molecule has 1 aromatic carbocycles. The molecule has 8 heteroatoms. The standard InChI is InChI=1S/C19H25N5O3/c1-23(2)17-14(12-20-19(22-17)24-10-5-6-11-24)21-18(25)13-8-7-9-15(26-3)16(13)27-4/h7-9,12H,5-6,10-11H2,1-4H3,(H,21,25). The lowest BCUT2D eigenvalue weighted by molar-refractivity contribution is 0.102. The van der Waals surface area contributed by atoms with E-state index in [9.17, 15) is 4.79 Å². The second-order valence-electron chi connectivity index (χ2n) is 6.49. The first-order valence-corrected chi connectivity index (χ1v) is 8.86. The van der Waals surface area contributed by atoms with Crippen molar-refractivity contribution in [2.45, 2.75) is 12.8 Å². The Morgan fingerprint density at radius 3 is 2.56 bits per heavy atom. The zero-order valence-corrected chi connectivity index (χ0v) is 16.2. The molecule has 8 nitrogen and oxygen atoms in total. The van der Waals surface area contributed by atoms with Crippen LogP contribution in [0.25, 0.3) is 0 Å². The third-order valence-corrected chi connectivity index (χ3v) is 4.46. The van der Waals surface area contributed by atoms with Crippen LogP contribution in [-0.2, 0) is 0 Å². The predicted molar refractivity (Wildman–Crippen MR) is 105 cm³/mol. The molecule has 1 aromatic heterocycles. The number of amides is 1. The third-order valence-electron chi connectivity index (χ3n) is 4.46. The van der Waals surface area contributed by atoms with E-state index in [1.54, 1.807) is 24.4 Å². The van der Waals surface area contributed by atoms with Crippen molar-refractivity contribution in [3.05, 3.63) is 30.0 Å². The van der Waals surface area contributed by atoms with E-state index in [0.717, 1.165) is 25.9 Å². The van der Waals surface area contributed by atoms with Crippen LogP contribution in [0.1, 0.15) is 23.2 Å². The Balaban J connectivity index is 1.89. The number of hydrogen-bond acceptors (Lipinski definition) is 7. The molecule has 1 aliphatic rings. The van der Waals surface area contributed by atoms with Crippen LogP contribution < -0.4 is 24.6 Å². The summed E-state index contributed by atoms with van der Waals surface area (Å²) < 4.78 is 10.6. The Bertz CT molecular complexity index is 819. The third kappa shape index (κ3) is 3.89. The van der Waals surface area contributed by atoms with Gasteiger partial charge in [-0.3, -0.25) is 4.79 Å². The average Bonchev–Trinajstić information content (AvgIpc) is 3.22. The van der Waals surface area contributed by atoms with Gasteiger partial charge in [-0.25, -0.2) is 4.98 Å². The molecule has 1 amide bonds. The molecule has 0 radical (unpaired) electrons. The van der Waals surface area contributed by atoms with Gasteiger partial charge in [0.15, 0.2) is 17.3 Å². The minimum absolute atomic E-state index is 0.314. The monoisotopic (exact) mass is 371 g/mol. The van der Waals surface area contributed by atoms with Crippen molar-refractivity contribution in [3.8, 4) is 11.5 Å². The second kappa shape index (κ2) is 8.11. The first-order chi connectivity index (χ1) is 13.0. The van der Waals surface area contributed by atoms with E-state index in [2.05, 4.69) is 20.2 Å². The summed E-state index contributed by atoms with van der Waals surface area (Å²) in [6.07, 6.45) is 3.95. The van der Waals surface area contributed by atoms with Crippen LogP contribution in [0, 0.1) is 0 Å². The maximum absolute atomic E-state index is 12.8. The van der Waals surface area contributed by atoms with Gasteiger partial charge >= 0.3 is 0 Å². The molecular formula is C19H25N5O3. The molecule has 1 aliphatic heterocycles. The number of nitrogens with one attached hydrogen (secondary N) is 1. The number of hydrogen-bond donors (Lipinski definition) is 1. The summed E-state index contributed by atoms with van der Waals surface area (Å²) in [7, 11) is 6.82. The van der Waals surface area contributed by atoms with Gasteiger partial charge < -0.3 is 24.6 Å². The summed E-state index contributed by atoms with van der Waals surface area (Å²) in [6.45, 7) is 1.92. The molecule has 2 aromatic rings. The highest BCUT2D eigenvalue weighted by Crippen LogP contribution is 2.32. The number of methoxy groups -OCH3 is 2. The van der Waals surface area contributed by atoms with Crippen molar-refractivity contribution < 1.29 is 14.3 Å². The normalized spacial score (nSPS) is 13.4. The number of carbonyl (C=O) groups excluding carboxylic acids is 1. The summed E-state index contributed by atoms with van der Waals surface area (Å²) in [6, 6.07) is 5.18. The molecule has 27 heavy (non-hydrogen) atoms. The van der Waals surface area contributed by atoms with Gasteiger partial charge in [0.05, 0.1) is 26.0 Å². The highest BCUT2D eigenvalue weighted by molar-refractivity contribution is 6.07. The fourth-order valence-corrected chi connectivity index (χ4v) is 3.12. The molecule has 1 saturated heterocycles. The van der Waals surface area contributed by atoms with Gasteiger partial charge in [0, 0.05) is 27.2 Å². The van der Waals surface area contributed by atoms with E-state index in [1.807, 2.05) is 19.0 Å². The maximum atomic E-state index is 12.8. The van der Waals surface area contributed by atoms with E-state index >= 15 is 0 Å². The van der Waals surface area contributed by atoms with Crippen LogP contribution in [0.15, 0.2) is 24.4 Å². The van der Waals surface area contributed by atoms with Crippen molar-refractivity contribution in [3.63, 3.8) is 0 Å². The molecule has 1 fully saturated rings. The lowest BCUT2D eigenvalue weighted by Crippen LogP contribution is -2.24. The molecule has 0 saturated carbocycles. The fraction of sp³-hybridized carbons (Fsp3) is 0.421. The number of para-hydroxylation sites is 1. The summed E-state index contributed by atoms with van der Waals surface area (Å²) in [5, 5.41) is 2.89. The van der Waals surface area contributed by atoms with E-state index in [1.165, 1.54) is 14.2 Å². The Kier molecular flexibility index (Phi) is 5.63. The topological polar surface area (TPSA) is 79.8 Å². The Hall–Kier alpha value is -3.03. The van der Waals surface area contributed by atoms with Crippen LogP contribution in [0.2, 0.25) is 0 Å². The second-order valence-corrected chi connectivity index (χ2v) is 6.49. The maximum Gasteiger partial charge on any atom is 0.259 e. The molecule has 0 aliphatic carbocycles. The van der Waals surface area contributed by atoms with Crippen LogP contribution in [0.4, 0.5) is 17.5 Å². The Morgan fingerprint density at radius 2 is 1.93 bits per heavy atom. The van der Waals surface area contributed by atoms with Gasteiger partial charge in [-0.05, 0) is 25.0 Å². The van der Waals surface area contributed by atoms with E-state index in [4.69, 9.17) is 9.47 Å². The fourth-order valence-electron chi connectivity index (χ4n) is 3.12. The van der Waals surface area contributed by atoms with Crippen LogP contribution >= 0.6 is 0 Å². The van der Waals surface area contributed by atoms with Gasteiger partial charge in [0.1, 0.15) is 5.69 Å². The van der Waals surface area contributed by atoms with Crippen LogP contribution in [0.3, 0.4) is 0 Å². The summed E-state index contributed by atoms with van der Waals surface area (Å²) in [5.74, 6) is 1.92. The zero-order chi connectivity index (χ0) is 19.4. The van der Waals surface area contributed by atoms with E-state index in [0.29, 0.717) is 34.5 Å². The lowest BCUT2D eigenvalue weighted by atomic mass is 10.1. The first kappa shape index (κ1) is 18.8. The smallest absolute Gasteiger partial charge is 0.259 e. The number of rotatable bonds is 6.